The summed E-state index contributed by atoms with van der Waals surface area (Å²) < 4.78 is 48.7. The van der Waals surface area contributed by atoms with Gasteiger partial charge in [-0.1, -0.05) is 0 Å². The molecule has 0 saturated carbocycles. The molecular weight excluding hydrogens is 662 g/mol. The van der Waals surface area contributed by atoms with E-state index >= 15 is 0 Å². The molecule has 0 aromatic carbocycles. The predicted molar refractivity (Wildman–Crippen MR) is 128 cm³/mol. The second kappa shape index (κ2) is 17.7. The number of phosphoric ester groups is 2. The van der Waals surface area contributed by atoms with E-state index in [1.54, 1.807) is 0 Å². The first-order valence-electron chi connectivity index (χ1n) is 11.9. The number of carbonyl (C=O) groups is 1. The van der Waals surface area contributed by atoms with Crippen LogP contribution in [0.4, 0.5) is 0 Å². The Bertz CT molecular complexity index is 1370. The van der Waals surface area contributed by atoms with Crippen molar-refractivity contribution in [2.24, 2.45) is 0 Å². The molecule has 1 amide bonds. The number of terminal acetylenes is 1. The monoisotopic (exact) mass is 689 g/mol. The van der Waals surface area contributed by atoms with Crippen LogP contribution in [0.3, 0.4) is 0 Å². The second-order valence-corrected chi connectivity index (χ2v) is 11.9. The number of nitrogens with one attached hydrogen (secondary N) is 2. The fourth-order valence-corrected chi connectivity index (χ4v) is 6.04. The summed E-state index contributed by atoms with van der Waals surface area (Å²) in [5, 5.41) is 52.3. The summed E-state index contributed by atoms with van der Waals surface area (Å²) in [7, 11) is -11.9. The molecule has 0 radical (unpaired) electrons. The van der Waals surface area contributed by atoms with Crippen molar-refractivity contribution in [1.82, 2.24) is 14.9 Å². The van der Waals surface area contributed by atoms with Crippen LogP contribution in [0, 0.1) is 12.3 Å². The molecule has 2 aliphatic heterocycles. The van der Waals surface area contributed by atoms with E-state index in [1.165, 1.54) is 0 Å². The Hall–Kier alpha value is -0.310. The van der Waals surface area contributed by atoms with Crippen LogP contribution in [-0.4, -0.2) is 103 Å². The zero-order valence-corrected chi connectivity index (χ0v) is 29.0. The van der Waals surface area contributed by atoms with E-state index in [0.29, 0.717) is 4.57 Å². The number of hydrogen-bond donors (Lipinski definition) is 7. The van der Waals surface area contributed by atoms with Gasteiger partial charge < -0.3 is 54.6 Å². The van der Waals surface area contributed by atoms with E-state index in [2.05, 4.69) is 24.6 Å². The van der Waals surface area contributed by atoms with Gasteiger partial charge in [0.25, 0.3) is 21.2 Å². The Balaban J connectivity index is 0.00000484. The first kappa shape index (κ1) is 41.7. The minimum Gasteiger partial charge on any atom is -0.756 e. The molecule has 20 nitrogen and oxygen atoms in total. The smallest absolute Gasteiger partial charge is 0.756 e. The molecule has 2 aliphatic rings. The van der Waals surface area contributed by atoms with Crippen molar-refractivity contribution >= 4 is 21.6 Å². The van der Waals surface area contributed by atoms with Crippen LogP contribution < -0.4 is 85.5 Å². The summed E-state index contributed by atoms with van der Waals surface area (Å²) in [5.41, 5.74) is -1.80. The summed E-state index contributed by atoms with van der Waals surface area (Å²) in [6.45, 7) is -2.09. The molecule has 0 spiro atoms. The van der Waals surface area contributed by atoms with Crippen molar-refractivity contribution in [2.45, 2.75) is 68.0 Å². The maximum Gasteiger partial charge on any atom is 1.00 e. The topological polar surface area (TPSA) is 312 Å². The molecule has 1 aromatic rings. The molecule has 0 bridgehead atoms. The van der Waals surface area contributed by atoms with Gasteiger partial charge in [0.2, 0.25) is 5.91 Å². The molecule has 236 valence electrons. The number of ether oxygens (including phenoxy) is 2. The number of carbonyl (C=O) groups excluding carboxylic acids is 1. The van der Waals surface area contributed by atoms with Crippen molar-refractivity contribution in [3.8, 4) is 12.3 Å². The van der Waals surface area contributed by atoms with E-state index in [0.717, 1.165) is 12.3 Å². The first-order valence-corrected chi connectivity index (χ1v) is 14.9. The third kappa shape index (κ3) is 10.9. The number of aliphatic hydroxyl groups is 5. The van der Waals surface area contributed by atoms with Crippen LogP contribution in [0.5, 0.6) is 0 Å². The second-order valence-electron chi connectivity index (χ2n) is 8.95. The largest absolute Gasteiger partial charge is 1.00 e. The third-order valence-electron chi connectivity index (χ3n) is 6.00. The van der Waals surface area contributed by atoms with Gasteiger partial charge in [-0.25, -0.2) is 9.11 Å². The van der Waals surface area contributed by atoms with Gasteiger partial charge in [0, 0.05) is 25.1 Å². The zero-order valence-electron chi connectivity index (χ0n) is 23.2. The van der Waals surface area contributed by atoms with Gasteiger partial charge >= 0.3 is 64.8 Å². The van der Waals surface area contributed by atoms with Crippen LogP contribution in [0.2, 0.25) is 0 Å². The minimum absolute atomic E-state index is 0. The van der Waals surface area contributed by atoms with Gasteiger partial charge in [-0.2, -0.15) is 0 Å². The number of aromatic nitrogens is 2. The molecule has 24 heteroatoms. The maximum atomic E-state index is 12.4. The van der Waals surface area contributed by atoms with Crippen LogP contribution in [0.1, 0.15) is 19.1 Å². The number of H-pyrrole nitrogens is 1. The van der Waals surface area contributed by atoms with Crippen LogP contribution in [0.25, 0.3) is 0 Å². The van der Waals surface area contributed by atoms with Crippen LogP contribution in [-0.2, 0) is 36.8 Å². The van der Waals surface area contributed by atoms with E-state index in [9.17, 15) is 58.8 Å². The standard InChI is InChI=1S/C20H29N3O17P2.2Na/c1-2-3-4-11(25)21-13-16(29)14(27)9(7-24)38-19(13)39-42(34,35)40-41(32,33)36-8-10-15(28)17(30)18(37-10)23-6-5-12(26)22-20(23)31;;/h1,5-6,9-10,13-19,24,27-30H,3-4,7-8H2,(H,21,25)(H,32,33)(H,34,35)(H,22,26,31);;/q;2*+1/p-2. The fraction of sp³-hybridized carbons (Fsp3) is 0.650. The number of nitrogens with zero attached hydrogens (tertiary/aromatic N) is 1. The van der Waals surface area contributed by atoms with Crippen molar-refractivity contribution < 1.29 is 131 Å². The normalized spacial score (nSPS) is 32.6. The predicted octanol–water partition coefficient (Wildman–Crippen LogP) is -11.5. The molecular formula is C20H27N3Na2O17P2. The minimum atomic E-state index is -5.99. The summed E-state index contributed by atoms with van der Waals surface area (Å²) in [6, 6.07) is -0.909. The zero-order chi connectivity index (χ0) is 31.4. The van der Waals surface area contributed by atoms with Gasteiger partial charge in [0.05, 0.1) is 13.2 Å². The molecule has 3 heterocycles. The fourth-order valence-electron chi connectivity index (χ4n) is 3.95. The van der Waals surface area contributed by atoms with Crippen molar-refractivity contribution in [3.05, 3.63) is 33.1 Å². The SMILES string of the molecule is C#CCCC(=O)NC1C(OP(=O)([O-])OP(=O)([O-])OCC2OC(n3ccc(=O)[nH]c3=O)C(O)C2O)OC(CO)C(O)C1O.[Na+].[Na+]. The number of rotatable bonds is 12. The van der Waals surface area contributed by atoms with E-state index in [-0.39, 0.29) is 72.0 Å². The average Bonchev–Trinajstić information content (AvgIpc) is 3.18. The van der Waals surface area contributed by atoms with Gasteiger partial charge in [0.15, 0.2) is 12.5 Å². The van der Waals surface area contributed by atoms with Gasteiger partial charge in [-0.15, -0.1) is 12.3 Å². The third-order valence-corrected chi connectivity index (χ3v) is 8.53. The summed E-state index contributed by atoms with van der Waals surface area (Å²) in [5.74, 6) is 1.34. The van der Waals surface area contributed by atoms with Gasteiger partial charge in [0.1, 0.15) is 42.7 Å². The molecule has 1 aromatic heterocycles. The Morgan fingerprint density at radius 3 is 2.30 bits per heavy atom. The van der Waals surface area contributed by atoms with Crippen molar-refractivity contribution in [1.29, 1.82) is 0 Å². The summed E-state index contributed by atoms with van der Waals surface area (Å²) >= 11 is 0. The Labute approximate surface area is 292 Å². The van der Waals surface area contributed by atoms with Crippen LogP contribution in [0.15, 0.2) is 21.9 Å². The molecule has 3 rings (SSSR count). The molecule has 11 unspecified atom stereocenters. The van der Waals surface area contributed by atoms with Gasteiger partial charge in [-0.3, -0.25) is 32.8 Å². The summed E-state index contributed by atoms with van der Waals surface area (Å²) in [6.07, 6.45) is -8.93. The van der Waals surface area contributed by atoms with E-state index < -0.39 is 101 Å². The average molecular weight is 689 g/mol. The van der Waals surface area contributed by atoms with E-state index in [4.69, 9.17) is 15.9 Å². The number of phosphoric acid groups is 2. The van der Waals surface area contributed by atoms with E-state index in [1.807, 2.05) is 4.98 Å². The molecule has 44 heavy (non-hydrogen) atoms. The molecule has 11 atom stereocenters. The van der Waals surface area contributed by atoms with Crippen molar-refractivity contribution in [3.63, 3.8) is 0 Å². The number of hydrogen-bond acceptors (Lipinski definition) is 17. The van der Waals surface area contributed by atoms with Crippen molar-refractivity contribution in [2.75, 3.05) is 13.2 Å². The Kier molecular flexibility index (Phi) is 16.8. The Morgan fingerprint density at radius 2 is 1.70 bits per heavy atom. The molecule has 7 N–H and O–H groups in total. The first-order chi connectivity index (χ1) is 19.6. The maximum absolute atomic E-state index is 12.4. The summed E-state index contributed by atoms with van der Waals surface area (Å²) in [4.78, 5) is 61.9. The molecule has 0 aliphatic carbocycles. The quantitative estimate of drug-likeness (QED) is 0.0609. The molecule has 2 fully saturated rings. The Morgan fingerprint density at radius 1 is 1.07 bits per heavy atom. The molecule has 2 saturated heterocycles. The van der Waals surface area contributed by atoms with Gasteiger partial charge in [-0.05, 0) is 0 Å². The number of aliphatic hydroxyl groups excluding tert-OH is 5. The van der Waals surface area contributed by atoms with Crippen LogP contribution >= 0.6 is 15.6 Å². The number of amides is 1. The number of aromatic amines is 1.